The van der Waals surface area contributed by atoms with Gasteiger partial charge in [-0.15, -0.1) is 0 Å². The summed E-state index contributed by atoms with van der Waals surface area (Å²) >= 11 is 0. The molecule has 1 aliphatic rings. The van der Waals surface area contributed by atoms with Gasteiger partial charge in [-0.3, -0.25) is 0 Å². The van der Waals surface area contributed by atoms with Crippen LogP contribution in [-0.2, 0) is 0 Å². The number of likely N-dealkylation sites (tertiary alicyclic amines) is 1. The molecule has 1 aromatic rings. The van der Waals surface area contributed by atoms with E-state index in [9.17, 15) is 0 Å². The summed E-state index contributed by atoms with van der Waals surface area (Å²) in [5.41, 5.74) is 2.50. The van der Waals surface area contributed by atoms with Crippen LogP contribution in [0.3, 0.4) is 0 Å². The molecule has 0 spiro atoms. The number of nitrogens with zero attached hydrogens (tertiary/aromatic N) is 2. The second-order valence-corrected chi connectivity index (χ2v) is 5.52. The predicted octanol–water partition coefficient (Wildman–Crippen LogP) is 2.65. The lowest BCUT2D eigenvalue weighted by Crippen LogP contribution is -2.23. The molecule has 1 fully saturated rings. The number of hydrogen-bond donors (Lipinski definition) is 1. The molecular weight excluding hydrogens is 222 g/mol. The van der Waals surface area contributed by atoms with Gasteiger partial charge >= 0.3 is 0 Å². The van der Waals surface area contributed by atoms with Crippen LogP contribution in [0.5, 0.6) is 0 Å². The number of nitrogens with one attached hydrogen (secondary N) is 1. The third kappa shape index (κ3) is 3.64. The maximum atomic E-state index is 3.68. The SMILES string of the molecule is CN1CCCC(Nc2cccc(N(C)C)c2)CC1. The van der Waals surface area contributed by atoms with Crippen LogP contribution in [-0.4, -0.2) is 45.2 Å². The molecule has 18 heavy (non-hydrogen) atoms. The summed E-state index contributed by atoms with van der Waals surface area (Å²) in [6, 6.07) is 9.29. The lowest BCUT2D eigenvalue weighted by molar-refractivity contribution is 0.348. The molecule has 1 atom stereocenters. The van der Waals surface area contributed by atoms with E-state index in [1.807, 2.05) is 0 Å². The molecule has 1 aromatic carbocycles. The van der Waals surface area contributed by atoms with E-state index in [1.165, 1.54) is 43.7 Å². The van der Waals surface area contributed by atoms with E-state index < -0.39 is 0 Å². The average Bonchev–Trinajstić information content (AvgIpc) is 2.55. The molecule has 1 N–H and O–H groups in total. The largest absolute Gasteiger partial charge is 0.382 e. The van der Waals surface area contributed by atoms with Crippen molar-refractivity contribution in [2.45, 2.75) is 25.3 Å². The highest BCUT2D eigenvalue weighted by Crippen LogP contribution is 2.20. The van der Waals surface area contributed by atoms with Crippen molar-refractivity contribution < 1.29 is 0 Å². The van der Waals surface area contributed by atoms with Crippen LogP contribution in [0.4, 0.5) is 11.4 Å². The first-order chi connectivity index (χ1) is 8.65. The van der Waals surface area contributed by atoms with Crippen molar-refractivity contribution in [2.75, 3.05) is 44.4 Å². The maximum Gasteiger partial charge on any atom is 0.0381 e. The summed E-state index contributed by atoms with van der Waals surface area (Å²) in [5.74, 6) is 0. The van der Waals surface area contributed by atoms with Gasteiger partial charge in [0.1, 0.15) is 0 Å². The smallest absolute Gasteiger partial charge is 0.0381 e. The topological polar surface area (TPSA) is 18.5 Å². The maximum absolute atomic E-state index is 3.68. The van der Waals surface area contributed by atoms with Crippen LogP contribution in [0.15, 0.2) is 24.3 Å². The van der Waals surface area contributed by atoms with Gasteiger partial charge in [-0.2, -0.15) is 0 Å². The molecule has 2 rings (SSSR count). The average molecular weight is 247 g/mol. The molecule has 0 amide bonds. The van der Waals surface area contributed by atoms with Crippen molar-refractivity contribution in [2.24, 2.45) is 0 Å². The molecule has 0 bridgehead atoms. The van der Waals surface area contributed by atoms with Gasteiger partial charge in [0.05, 0.1) is 0 Å². The number of hydrogen-bond acceptors (Lipinski definition) is 3. The molecule has 100 valence electrons. The van der Waals surface area contributed by atoms with Gasteiger partial charge in [-0.1, -0.05) is 6.07 Å². The fourth-order valence-electron chi connectivity index (χ4n) is 2.49. The molecule has 1 heterocycles. The first-order valence-electron chi connectivity index (χ1n) is 6.87. The molecule has 1 saturated heterocycles. The third-order valence-corrected chi connectivity index (χ3v) is 3.69. The van der Waals surface area contributed by atoms with E-state index in [0.717, 1.165) is 0 Å². The molecule has 0 aromatic heterocycles. The Morgan fingerprint density at radius 2 is 2.06 bits per heavy atom. The minimum atomic E-state index is 0.618. The van der Waals surface area contributed by atoms with Gasteiger partial charge in [0.2, 0.25) is 0 Å². The van der Waals surface area contributed by atoms with Crippen molar-refractivity contribution in [3.05, 3.63) is 24.3 Å². The van der Waals surface area contributed by atoms with Crippen LogP contribution >= 0.6 is 0 Å². The molecular formula is C15H25N3. The second-order valence-electron chi connectivity index (χ2n) is 5.52. The van der Waals surface area contributed by atoms with Crippen molar-refractivity contribution >= 4 is 11.4 Å². The van der Waals surface area contributed by atoms with E-state index in [-0.39, 0.29) is 0 Å². The van der Waals surface area contributed by atoms with Crippen LogP contribution in [0.2, 0.25) is 0 Å². The predicted molar refractivity (Wildman–Crippen MR) is 79.5 cm³/mol. The van der Waals surface area contributed by atoms with E-state index in [4.69, 9.17) is 0 Å². The van der Waals surface area contributed by atoms with Gasteiger partial charge in [-0.25, -0.2) is 0 Å². The molecule has 1 aliphatic heterocycles. The Kier molecular flexibility index (Phi) is 4.48. The number of rotatable bonds is 3. The summed E-state index contributed by atoms with van der Waals surface area (Å²) in [7, 11) is 6.38. The van der Waals surface area contributed by atoms with Gasteiger partial charge in [0.25, 0.3) is 0 Å². The van der Waals surface area contributed by atoms with E-state index in [1.54, 1.807) is 0 Å². The first kappa shape index (κ1) is 13.2. The zero-order valence-corrected chi connectivity index (χ0v) is 11.8. The van der Waals surface area contributed by atoms with Crippen molar-refractivity contribution in [1.82, 2.24) is 4.90 Å². The molecule has 3 nitrogen and oxygen atoms in total. The quantitative estimate of drug-likeness (QED) is 0.886. The minimum Gasteiger partial charge on any atom is -0.382 e. The lowest BCUT2D eigenvalue weighted by Gasteiger charge is -2.20. The summed E-state index contributed by atoms with van der Waals surface area (Å²) in [6.45, 7) is 2.43. The lowest BCUT2D eigenvalue weighted by atomic mass is 10.1. The molecule has 3 heteroatoms. The normalized spacial score (nSPS) is 21.4. The number of anilines is 2. The fourth-order valence-corrected chi connectivity index (χ4v) is 2.49. The molecule has 0 radical (unpaired) electrons. The number of benzene rings is 1. The van der Waals surface area contributed by atoms with E-state index >= 15 is 0 Å². The Hall–Kier alpha value is -1.22. The van der Waals surface area contributed by atoms with Crippen LogP contribution in [0.1, 0.15) is 19.3 Å². The Bertz CT molecular complexity index is 376. The van der Waals surface area contributed by atoms with E-state index in [2.05, 4.69) is 60.5 Å². The van der Waals surface area contributed by atoms with E-state index in [0.29, 0.717) is 6.04 Å². The second kappa shape index (κ2) is 6.10. The molecule has 0 aliphatic carbocycles. The molecule has 1 unspecified atom stereocenters. The fraction of sp³-hybridized carbons (Fsp3) is 0.600. The minimum absolute atomic E-state index is 0.618. The van der Waals surface area contributed by atoms with Crippen LogP contribution in [0, 0.1) is 0 Å². The van der Waals surface area contributed by atoms with Crippen molar-refractivity contribution in [3.63, 3.8) is 0 Å². The van der Waals surface area contributed by atoms with Crippen molar-refractivity contribution in [1.29, 1.82) is 0 Å². The van der Waals surface area contributed by atoms with Crippen molar-refractivity contribution in [3.8, 4) is 0 Å². The highest BCUT2D eigenvalue weighted by Gasteiger charge is 2.14. The molecule has 0 saturated carbocycles. The Morgan fingerprint density at radius 1 is 1.22 bits per heavy atom. The van der Waals surface area contributed by atoms with Gasteiger partial charge in [0.15, 0.2) is 0 Å². The van der Waals surface area contributed by atoms with Crippen LogP contribution in [0.25, 0.3) is 0 Å². The Labute approximate surface area is 111 Å². The Morgan fingerprint density at radius 3 is 2.83 bits per heavy atom. The highest BCUT2D eigenvalue weighted by molar-refractivity contribution is 5.57. The summed E-state index contributed by atoms with van der Waals surface area (Å²) in [6.07, 6.45) is 3.81. The first-order valence-corrected chi connectivity index (χ1v) is 6.87. The Balaban J connectivity index is 1.98. The zero-order valence-electron chi connectivity index (χ0n) is 11.8. The zero-order chi connectivity index (χ0) is 13.0. The van der Waals surface area contributed by atoms with Gasteiger partial charge in [-0.05, 0) is 57.6 Å². The summed E-state index contributed by atoms with van der Waals surface area (Å²) in [5, 5.41) is 3.68. The summed E-state index contributed by atoms with van der Waals surface area (Å²) < 4.78 is 0. The highest BCUT2D eigenvalue weighted by atomic mass is 15.1. The monoisotopic (exact) mass is 247 g/mol. The van der Waals surface area contributed by atoms with Gasteiger partial charge in [0, 0.05) is 31.5 Å². The van der Waals surface area contributed by atoms with Gasteiger partial charge < -0.3 is 15.1 Å². The summed E-state index contributed by atoms with van der Waals surface area (Å²) in [4.78, 5) is 4.57. The van der Waals surface area contributed by atoms with Crippen LogP contribution < -0.4 is 10.2 Å². The third-order valence-electron chi connectivity index (χ3n) is 3.69. The standard InChI is InChI=1S/C15H25N3/c1-17(2)15-8-4-6-14(12-15)16-13-7-5-10-18(3)11-9-13/h4,6,8,12-13,16H,5,7,9-11H2,1-3H3.